The number of ether oxygens (including phenoxy) is 1. The van der Waals surface area contributed by atoms with Crippen LogP contribution in [0.25, 0.3) is 0 Å². The first-order valence-corrected chi connectivity index (χ1v) is 7.97. The number of piperazine rings is 1. The molecule has 5 heteroatoms. The van der Waals surface area contributed by atoms with Crippen molar-refractivity contribution in [1.82, 2.24) is 9.80 Å². The summed E-state index contributed by atoms with van der Waals surface area (Å²) < 4.78 is 5.26. The Morgan fingerprint density at radius 2 is 1.33 bits per heavy atom. The first kappa shape index (κ1) is 16.1. The van der Waals surface area contributed by atoms with Crippen molar-refractivity contribution in [2.45, 2.75) is 0 Å². The molecular weight excluding hydrogens is 304 g/mol. The van der Waals surface area contributed by atoms with Crippen LogP contribution >= 0.6 is 0 Å². The molecule has 0 aromatic heterocycles. The van der Waals surface area contributed by atoms with Crippen LogP contribution < -0.4 is 4.74 Å². The molecule has 0 N–H and O–H groups in total. The van der Waals surface area contributed by atoms with Gasteiger partial charge in [-0.15, -0.1) is 0 Å². The molecule has 0 radical (unpaired) electrons. The van der Waals surface area contributed by atoms with Gasteiger partial charge in [0.15, 0.2) is 0 Å². The maximum atomic E-state index is 12.7. The molecule has 0 spiro atoms. The highest BCUT2D eigenvalue weighted by atomic mass is 16.5. The summed E-state index contributed by atoms with van der Waals surface area (Å²) in [7, 11) is 1.56. The molecule has 0 saturated carbocycles. The third kappa shape index (κ3) is 3.25. The summed E-state index contributed by atoms with van der Waals surface area (Å²) in [6, 6.07) is 16.4. The van der Waals surface area contributed by atoms with E-state index in [4.69, 9.17) is 4.74 Å². The number of rotatable bonds is 3. The number of para-hydroxylation sites is 1. The summed E-state index contributed by atoms with van der Waals surface area (Å²) in [5.74, 6) is 0.532. The standard InChI is InChI=1S/C19H20N2O3/c1-24-17-10-6-5-9-16(17)19(23)21-13-11-20(12-14-21)18(22)15-7-3-2-4-8-15/h2-10H,11-14H2,1H3. The highest BCUT2D eigenvalue weighted by molar-refractivity contribution is 5.97. The second-order valence-electron chi connectivity index (χ2n) is 5.65. The van der Waals surface area contributed by atoms with Crippen molar-refractivity contribution in [3.8, 4) is 5.75 Å². The summed E-state index contributed by atoms with van der Waals surface area (Å²) in [5, 5.41) is 0. The van der Waals surface area contributed by atoms with Crippen LogP contribution in [0.3, 0.4) is 0 Å². The molecule has 2 amide bonds. The highest BCUT2D eigenvalue weighted by Crippen LogP contribution is 2.20. The zero-order valence-electron chi connectivity index (χ0n) is 13.6. The van der Waals surface area contributed by atoms with Crippen molar-refractivity contribution < 1.29 is 14.3 Å². The van der Waals surface area contributed by atoms with Crippen molar-refractivity contribution in [2.75, 3.05) is 33.3 Å². The minimum atomic E-state index is -0.0562. The third-order valence-electron chi connectivity index (χ3n) is 4.21. The number of hydrogen-bond donors (Lipinski definition) is 0. The average Bonchev–Trinajstić information content (AvgIpc) is 2.67. The third-order valence-corrected chi connectivity index (χ3v) is 4.21. The molecule has 1 aliphatic rings. The van der Waals surface area contributed by atoms with Crippen molar-refractivity contribution >= 4 is 11.8 Å². The Morgan fingerprint density at radius 1 is 0.792 bits per heavy atom. The van der Waals surface area contributed by atoms with Crippen LogP contribution in [0.2, 0.25) is 0 Å². The fourth-order valence-electron chi connectivity index (χ4n) is 2.87. The Morgan fingerprint density at radius 3 is 1.96 bits per heavy atom. The lowest BCUT2D eigenvalue weighted by Gasteiger charge is -2.35. The van der Waals surface area contributed by atoms with Gasteiger partial charge in [-0.1, -0.05) is 30.3 Å². The lowest BCUT2D eigenvalue weighted by molar-refractivity contribution is 0.0533. The fraction of sp³-hybridized carbons (Fsp3) is 0.263. The predicted octanol–water partition coefficient (Wildman–Crippen LogP) is 2.29. The van der Waals surface area contributed by atoms with E-state index in [9.17, 15) is 9.59 Å². The van der Waals surface area contributed by atoms with E-state index in [1.807, 2.05) is 42.5 Å². The second kappa shape index (κ2) is 7.17. The maximum absolute atomic E-state index is 12.7. The number of carbonyl (C=O) groups excluding carboxylic acids is 2. The molecule has 1 heterocycles. The Labute approximate surface area is 141 Å². The van der Waals surface area contributed by atoms with Gasteiger partial charge in [0, 0.05) is 31.7 Å². The molecule has 1 aliphatic heterocycles. The number of methoxy groups -OCH3 is 1. The number of benzene rings is 2. The van der Waals surface area contributed by atoms with E-state index in [0.717, 1.165) is 0 Å². The number of carbonyl (C=O) groups is 2. The monoisotopic (exact) mass is 324 g/mol. The topological polar surface area (TPSA) is 49.9 Å². The van der Waals surface area contributed by atoms with Crippen LogP contribution in [0.4, 0.5) is 0 Å². The van der Waals surface area contributed by atoms with Crippen LogP contribution in [0.1, 0.15) is 20.7 Å². The first-order chi connectivity index (χ1) is 11.7. The van der Waals surface area contributed by atoms with E-state index < -0.39 is 0 Å². The SMILES string of the molecule is COc1ccccc1C(=O)N1CCN(C(=O)c2ccccc2)CC1. The quantitative estimate of drug-likeness (QED) is 0.870. The zero-order chi connectivity index (χ0) is 16.9. The molecule has 0 atom stereocenters. The Kier molecular flexibility index (Phi) is 4.79. The van der Waals surface area contributed by atoms with E-state index in [-0.39, 0.29) is 11.8 Å². The summed E-state index contributed by atoms with van der Waals surface area (Å²) in [6.07, 6.45) is 0. The fourth-order valence-corrected chi connectivity index (χ4v) is 2.87. The molecule has 24 heavy (non-hydrogen) atoms. The summed E-state index contributed by atoms with van der Waals surface area (Å²) in [4.78, 5) is 28.7. The molecule has 2 aromatic rings. The number of hydrogen-bond acceptors (Lipinski definition) is 3. The smallest absolute Gasteiger partial charge is 0.257 e. The van der Waals surface area contributed by atoms with Gasteiger partial charge in [-0.25, -0.2) is 0 Å². The van der Waals surface area contributed by atoms with Crippen molar-refractivity contribution in [3.63, 3.8) is 0 Å². The number of amides is 2. The normalized spacial score (nSPS) is 14.4. The Bertz CT molecular complexity index is 722. The largest absolute Gasteiger partial charge is 0.496 e. The molecule has 0 bridgehead atoms. The van der Waals surface area contributed by atoms with Crippen LogP contribution in [-0.4, -0.2) is 54.9 Å². The van der Waals surface area contributed by atoms with Crippen LogP contribution in [-0.2, 0) is 0 Å². The zero-order valence-corrected chi connectivity index (χ0v) is 13.6. The minimum absolute atomic E-state index is 0.0139. The average molecular weight is 324 g/mol. The van der Waals surface area contributed by atoms with Gasteiger partial charge in [0.2, 0.25) is 0 Å². The van der Waals surface area contributed by atoms with Crippen LogP contribution in [0.15, 0.2) is 54.6 Å². The lowest BCUT2D eigenvalue weighted by atomic mass is 10.1. The molecule has 3 rings (SSSR count). The second-order valence-corrected chi connectivity index (χ2v) is 5.65. The molecule has 5 nitrogen and oxygen atoms in total. The minimum Gasteiger partial charge on any atom is -0.496 e. The highest BCUT2D eigenvalue weighted by Gasteiger charge is 2.26. The van der Waals surface area contributed by atoms with Gasteiger partial charge >= 0.3 is 0 Å². The summed E-state index contributed by atoms with van der Waals surface area (Å²) in [5.41, 5.74) is 1.24. The van der Waals surface area contributed by atoms with E-state index in [1.165, 1.54) is 0 Å². The van der Waals surface area contributed by atoms with E-state index in [2.05, 4.69) is 0 Å². The molecule has 2 aromatic carbocycles. The summed E-state index contributed by atoms with van der Waals surface area (Å²) in [6.45, 7) is 2.12. The lowest BCUT2D eigenvalue weighted by Crippen LogP contribution is -2.50. The van der Waals surface area contributed by atoms with Gasteiger partial charge in [-0.2, -0.15) is 0 Å². The van der Waals surface area contributed by atoms with Gasteiger partial charge in [-0.05, 0) is 24.3 Å². The van der Waals surface area contributed by atoms with Crippen molar-refractivity contribution in [3.05, 3.63) is 65.7 Å². The Hall–Kier alpha value is -2.82. The summed E-state index contributed by atoms with van der Waals surface area (Å²) >= 11 is 0. The van der Waals surface area contributed by atoms with Gasteiger partial charge < -0.3 is 14.5 Å². The predicted molar refractivity (Wildman–Crippen MR) is 91.2 cm³/mol. The molecule has 124 valence electrons. The van der Waals surface area contributed by atoms with Gasteiger partial charge in [0.25, 0.3) is 11.8 Å². The molecule has 1 saturated heterocycles. The van der Waals surface area contributed by atoms with Gasteiger partial charge in [-0.3, -0.25) is 9.59 Å². The van der Waals surface area contributed by atoms with E-state index in [0.29, 0.717) is 43.1 Å². The molecule has 0 aliphatic carbocycles. The first-order valence-electron chi connectivity index (χ1n) is 7.97. The maximum Gasteiger partial charge on any atom is 0.257 e. The Balaban J connectivity index is 1.65. The van der Waals surface area contributed by atoms with E-state index in [1.54, 1.807) is 29.0 Å². The number of nitrogens with zero attached hydrogens (tertiary/aromatic N) is 2. The molecule has 0 unspecified atom stereocenters. The van der Waals surface area contributed by atoms with E-state index >= 15 is 0 Å². The van der Waals surface area contributed by atoms with Crippen LogP contribution in [0.5, 0.6) is 5.75 Å². The molecular formula is C19H20N2O3. The van der Waals surface area contributed by atoms with Crippen molar-refractivity contribution in [1.29, 1.82) is 0 Å². The van der Waals surface area contributed by atoms with Gasteiger partial charge in [0.05, 0.1) is 12.7 Å². The molecule has 1 fully saturated rings. The van der Waals surface area contributed by atoms with Crippen molar-refractivity contribution in [2.24, 2.45) is 0 Å². The van der Waals surface area contributed by atoms with Gasteiger partial charge in [0.1, 0.15) is 5.75 Å². The van der Waals surface area contributed by atoms with Crippen LogP contribution in [0, 0.1) is 0 Å².